The zero-order valence-electron chi connectivity index (χ0n) is 16.8. The fraction of sp³-hybridized carbons (Fsp3) is 0.409. The molecule has 2 saturated heterocycles. The van der Waals surface area contributed by atoms with Gasteiger partial charge in [-0.05, 0) is 43.5 Å². The van der Waals surface area contributed by atoms with Crippen molar-refractivity contribution < 1.29 is 9.90 Å². The van der Waals surface area contributed by atoms with Gasteiger partial charge in [-0.3, -0.25) is 4.79 Å². The number of imidazole rings is 1. The molecule has 2 aliphatic rings. The first-order valence-electron chi connectivity index (χ1n) is 10.5. The van der Waals surface area contributed by atoms with Gasteiger partial charge in [0.05, 0.1) is 6.10 Å². The molecule has 3 aromatic rings. The van der Waals surface area contributed by atoms with E-state index in [0.29, 0.717) is 5.56 Å². The maximum absolute atomic E-state index is 12.7. The van der Waals surface area contributed by atoms with E-state index in [2.05, 4.69) is 25.1 Å². The van der Waals surface area contributed by atoms with Crippen LogP contribution in [-0.4, -0.2) is 63.7 Å². The van der Waals surface area contributed by atoms with Crippen LogP contribution in [0.3, 0.4) is 0 Å². The minimum absolute atomic E-state index is 0.0468. The van der Waals surface area contributed by atoms with Crippen molar-refractivity contribution in [2.24, 2.45) is 0 Å². The number of hydrogen-bond acceptors (Lipinski definition) is 6. The van der Waals surface area contributed by atoms with Gasteiger partial charge in [0, 0.05) is 68.3 Å². The number of carbonyl (C=O) groups is 1. The predicted octanol–water partition coefficient (Wildman–Crippen LogP) is 1.70. The fourth-order valence-corrected chi connectivity index (χ4v) is 4.35. The smallest absolute Gasteiger partial charge is 0.251 e. The highest BCUT2D eigenvalue weighted by Crippen LogP contribution is 2.23. The van der Waals surface area contributed by atoms with Crippen molar-refractivity contribution >= 4 is 23.1 Å². The lowest BCUT2D eigenvalue weighted by Crippen LogP contribution is -2.37. The Hall–Kier alpha value is -3.13. The fourth-order valence-electron chi connectivity index (χ4n) is 4.35. The summed E-state index contributed by atoms with van der Waals surface area (Å²) in [6.45, 7) is 3.26. The Balaban J connectivity index is 1.20. The number of rotatable bonds is 4. The molecule has 0 spiro atoms. The van der Waals surface area contributed by atoms with E-state index in [1.165, 1.54) is 0 Å². The number of nitrogens with zero attached hydrogens (tertiary/aromatic N) is 5. The van der Waals surface area contributed by atoms with Crippen molar-refractivity contribution in [2.75, 3.05) is 36.0 Å². The first-order chi connectivity index (χ1) is 14.7. The average molecular weight is 406 g/mol. The molecule has 2 fully saturated rings. The summed E-state index contributed by atoms with van der Waals surface area (Å²) >= 11 is 0. The van der Waals surface area contributed by atoms with E-state index in [-0.39, 0.29) is 18.1 Å². The first-order valence-corrected chi connectivity index (χ1v) is 10.5. The summed E-state index contributed by atoms with van der Waals surface area (Å²) in [4.78, 5) is 26.1. The highest BCUT2D eigenvalue weighted by Gasteiger charge is 2.27. The molecular weight excluding hydrogens is 380 g/mol. The van der Waals surface area contributed by atoms with Crippen LogP contribution in [0.25, 0.3) is 5.65 Å². The predicted molar refractivity (Wildman–Crippen MR) is 115 cm³/mol. The number of amides is 1. The normalized spacial score (nSPS) is 20.1. The van der Waals surface area contributed by atoms with Crippen LogP contribution in [0, 0.1) is 0 Å². The van der Waals surface area contributed by atoms with Crippen LogP contribution in [0.15, 0.2) is 49.1 Å². The van der Waals surface area contributed by atoms with E-state index in [1.54, 1.807) is 12.4 Å². The standard InChI is InChI=1S/C22H26N6O2/c29-19-6-11-26(12-7-19)18-3-1-16(2-4-18)22(30)25-17-5-10-28(15-17)21-20-23-8-13-27(20)14-9-24-21/h1-4,8-9,13-14,17,19,29H,5-7,10-12,15H2,(H,25,30)/t17-/m0/s1. The lowest BCUT2D eigenvalue weighted by molar-refractivity contribution is 0.0940. The minimum Gasteiger partial charge on any atom is -0.393 e. The van der Waals surface area contributed by atoms with Gasteiger partial charge in [-0.25, -0.2) is 9.97 Å². The van der Waals surface area contributed by atoms with Crippen LogP contribution >= 0.6 is 0 Å². The number of carbonyl (C=O) groups excluding carboxylic acids is 1. The summed E-state index contributed by atoms with van der Waals surface area (Å²) in [5.41, 5.74) is 2.61. The molecule has 1 amide bonds. The monoisotopic (exact) mass is 406 g/mol. The second kappa shape index (κ2) is 7.95. The molecule has 2 aromatic heterocycles. The third kappa shape index (κ3) is 3.70. The summed E-state index contributed by atoms with van der Waals surface area (Å²) in [5.74, 6) is 0.810. The van der Waals surface area contributed by atoms with Crippen molar-refractivity contribution in [1.29, 1.82) is 0 Å². The molecule has 1 atom stereocenters. The first kappa shape index (κ1) is 18.9. The van der Waals surface area contributed by atoms with Gasteiger partial charge in [-0.1, -0.05) is 0 Å². The van der Waals surface area contributed by atoms with Gasteiger partial charge in [0.2, 0.25) is 0 Å². The molecule has 156 valence electrons. The number of benzene rings is 1. The highest BCUT2D eigenvalue weighted by molar-refractivity contribution is 5.94. The molecule has 0 radical (unpaired) electrons. The van der Waals surface area contributed by atoms with E-state index in [0.717, 1.165) is 62.6 Å². The Morgan fingerprint density at radius 1 is 0.967 bits per heavy atom. The third-order valence-corrected chi connectivity index (χ3v) is 6.07. The van der Waals surface area contributed by atoms with Crippen LogP contribution in [0.1, 0.15) is 29.6 Å². The van der Waals surface area contributed by atoms with Crippen LogP contribution in [0.2, 0.25) is 0 Å². The van der Waals surface area contributed by atoms with Crippen LogP contribution in [0.4, 0.5) is 11.5 Å². The van der Waals surface area contributed by atoms with Gasteiger partial charge in [-0.15, -0.1) is 0 Å². The van der Waals surface area contributed by atoms with E-state index in [9.17, 15) is 9.90 Å². The Bertz CT molecular complexity index is 1030. The number of nitrogens with one attached hydrogen (secondary N) is 1. The van der Waals surface area contributed by atoms with Crippen molar-refractivity contribution in [3.63, 3.8) is 0 Å². The second-order valence-corrected chi connectivity index (χ2v) is 8.08. The van der Waals surface area contributed by atoms with Crippen molar-refractivity contribution in [3.05, 3.63) is 54.6 Å². The molecule has 0 saturated carbocycles. The van der Waals surface area contributed by atoms with Gasteiger partial charge in [0.25, 0.3) is 5.91 Å². The lowest BCUT2D eigenvalue weighted by atomic mass is 10.1. The van der Waals surface area contributed by atoms with E-state index in [4.69, 9.17) is 0 Å². The van der Waals surface area contributed by atoms with Crippen molar-refractivity contribution in [2.45, 2.75) is 31.4 Å². The Labute approximate surface area is 175 Å². The summed E-state index contributed by atoms with van der Waals surface area (Å²) in [7, 11) is 0. The molecule has 0 aliphatic carbocycles. The van der Waals surface area contributed by atoms with Crippen LogP contribution in [0.5, 0.6) is 0 Å². The molecule has 2 N–H and O–H groups in total. The molecule has 0 bridgehead atoms. The molecule has 2 aliphatic heterocycles. The number of fused-ring (bicyclic) bond motifs is 1. The topological polar surface area (TPSA) is 86.0 Å². The second-order valence-electron chi connectivity index (χ2n) is 8.08. The quantitative estimate of drug-likeness (QED) is 0.686. The summed E-state index contributed by atoms with van der Waals surface area (Å²) < 4.78 is 1.96. The van der Waals surface area contributed by atoms with E-state index in [1.807, 2.05) is 41.1 Å². The van der Waals surface area contributed by atoms with E-state index < -0.39 is 0 Å². The van der Waals surface area contributed by atoms with Crippen LogP contribution in [-0.2, 0) is 0 Å². The van der Waals surface area contributed by atoms with Gasteiger partial charge in [0.1, 0.15) is 0 Å². The maximum atomic E-state index is 12.7. The molecule has 5 rings (SSSR count). The number of hydrogen-bond donors (Lipinski definition) is 2. The van der Waals surface area contributed by atoms with E-state index >= 15 is 0 Å². The van der Waals surface area contributed by atoms with Crippen molar-refractivity contribution in [1.82, 2.24) is 19.7 Å². The zero-order chi connectivity index (χ0) is 20.5. The summed E-state index contributed by atoms with van der Waals surface area (Å²) in [6, 6.07) is 7.84. The minimum atomic E-state index is -0.187. The molecule has 8 heteroatoms. The molecule has 30 heavy (non-hydrogen) atoms. The molecular formula is C22H26N6O2. The largest absolute Gasteiger partial charge is 0.393 e. The molecule has 0 unspecified atom stereocenters. The Morgan fingerprint density at radius 3 is 2.43 bits per heavy atom. The summed E-state index contributed by atoms with van der Waals surface area (Å²) in [6.07, 6.45) is 9.62. The maximum Gasteiger partial charge on any atom is 0.251 e. The Kier molecular flexibility index (Phi) is 5.00. The molecule has 1 aromatic carbocycles. The molecule has 4 heterocycles. The molecule has 8 nitrogen and oxygen atoms in total. The van der Waals surface area contributed by atoms with Crippen molar-refractivity contribution in [3.8, 4) is 0 Å². The lowest BCUT2D eigenvalue weighted by Gasteiger charge is -2.31. The van der Waals surface area contributed by atoms with Gasteiger partial charge in [-0.2, -0.15) is 0 Å². The number of anilines is 2. The van der Waals surface area contributed by atoms with Gasteiger partial charge < -0.3 is 24.6 Å². The third-order valence-electron chi connectivity index (χ3n) is 6.07. The number of aromatic nitrogens is 3. The Morgan fingerprint density at radius 2 is 1.67 bits per heavy atom. The average Bonchev–Trinajstić information content (AvgIpc) is 3.44. The SMILES string of the molecule is O=C(N[C@H]1CCN(c2nccn3ccnc23)C1)c1ccc(N2CCC(O)CC2)cc1. The highest BCUT2D eigenvalue weighted by atomic mass is 16.3. The number of piperidine rings is 1. The zero-order valence-corrected chi connectivity index (χ0v) is 16.8. The number of aliphatic hydroxyl groups is 1. The van der Waals surface area contributed by atoms with Gasteiger partial charge in [0.15, 0.2) is 11.5 Å². The number of aliphatic hydroxyl groups excluding tert-OH is 1. The summed E-state index contributed by atoms with van der Waals surface area (Å²) in [5, 5.41) is 12.8. The van der Waals surface area contributed by atoms with Crippen LogP contribution < -0.4 is 15.1 Å². The van der Waals surface area contributed by atoms with Gasteiger partial charge >= 0.3 is 0 Å².